The number of aromatic nitrogens is 2. The summed E-state index contributed by atoms with van der Waals surface area (Å²) in [7, 11) is 0. The molecule has 1 aromatic heterocycles. The lowest BCUT2D eigenvalue weighted by molar-refractivity contribution is -0.129. The topological polar surface area (TPSA) is 56.6 Å². The van der Waals surface area contributed by atoms with Crippen molar-refractivity contribution in [3.8, 4) is 17.2 Å². The normalized spacial score (nSPS) is 17.9. The first-order valence-electron chi connectivity index (χ1n) is 11.1. The first-order chi connectivity index (χ1) is 15.7. The van der Waals surface area contributed by atoms with Gasteiger partial charge in [-0.3, -0.25) is 9.36 Å². The maximum absolute atomic E-state index is 13.2. The Labute approximate surface area is 192 Å². The average molecular weight is 450 g/mol. The van der Waals surface area contributed by atoms with Crippen LogP contribution in [0.5, 0.6) is 11.5 Å². The van der Waals surface area contributed by atoms with Gasteiger partial charge < -0.3 is 14.4 Å². The fourth-order valence-electron chi connectivity index (χ4n) is 4.42. The Bertz CT molecular complexity index is 1110. The molecule has 1 saturated heterocycles. The van der Waals surface area contributed by atoms with Crippen molar-refractivity contribution in [2.45, 2.75) is 37.4 Å². The number of carbonyl (C=O) groups excluding carboxylic acids is 1. The lowest BCUT2D eigenvalue weighted by atomic mass is 10.0. The molecule has 0 aliphatic carbocycles. The molecule has 0 N–H and O–H groups in total. The quantitative estimate of drug-likeness (QED) is 0.524. The Morgan fingerprint density at radius 1 is 1.12 bits per heavy atom. The van der Waals surface area contributed by atoms with Crippen LogP contribution < -0.4 is 9.47 Å². The van der Waals surface area contributed by atoms with Crippen LogP contribution in [-0.4, -0.2) is 45.9 Å². The average Bonchev–Trinajstić information content (AvgIpc) is 3.42. The minimum atomic E-state index is 0.0800. The molecule has 32 heavy (non-hydrogen) atoms. The second-order valence-corrected chi connectivity index (χ2v) is 9.10. The summed E-state index contributed by atoms with van der Waals surface area (Å²) in [6.45, 7) is 4.20. The first-order valence-corrected chi connectivity index (χ1v) is 12.1. The lowest BCUT2D eigenvalue weighted by Crippen LogP contribution is -2.32. The van der Waals surface area contributed by atoms with Gasteiger partial charge in [0.15, 0.2) is 16.7 Å². The van der Waals surface area contributed by atoms with E-state index in [-0.39, 0.29) is 11.9 Å². The van der Waals surface area contributed by atoms with Gasteiger partial charge in [0.05, 0.1) is 30.7 Å². The lowest BCUT2D eigenvalue weighted by Gasteiger charge is -2.25. The van der Waals surface area contributed by atoms with Crippen molar-refractivity contribution < 1.29 is 14.3 Å². The van der Waals surface area contributed by atoms with Crippen LogP contribution in [0.2, 0.25) is 0 Å². The van der Waals surface area contributed by atoms with E-state index in [0.717, 1.165) is 53.7 Å². The third-order valence-corrected chi connectivity index (χ3v) is 6.99. The summed E-state index contributed by atoms with van der Waals surface area (Å²) in [5, 5.41) is 0.832. The molecule has 1 amide bonds. The van der Waals surface area contributed by atoms with Gasteiger partial charge in [-0.15, -0.1) is 0 Å². The molecule has 0 bridgehead atoms. The predicted molar refractivity (Wildman–Crippen MR) is 125 cm³/mol. The van der Waals surface area contributed by atoms with E-state index in [4.69, 9.17) is 9.47 Å². The van der Waals surface area contributed by atoms with E-state index in [0.29, 0.717) is 19.0 Å². The molecule has 166 valence electrons. The summed E-state index contributed by atoms with van der Waals surface area (Å²) in [6.07, 6.45) is 6.59. The number of hydrogen-bond donors (Lipinski definition) is 0. The highest BCUT2D eigenvalue weighted by atomic mass is 32.2. The molecule has 0 saturated carbocycles. The van der Waals surface area contributed by atoms with E-state index in [1.807, 2.05) is 29.3 Å². The molecule has 2 aliphatic rings. The van der Waals surface area contributed by atoms with E-state index in [9.17, 15) is 4.79 Å². The summed E-state index contributed by atoms with van der Waals surface area (Å²) < 4.78 is 13.7. The molecule has 2 aromatic carbocycles. The number of rotatable bonds is 5. The van der Waals surface area contributed by atoms with Crippen LogP contribution in [0.3, 0.4) is 0 Å². The van der Waals surface area contributed by atoms with Crippen molar-refractivity contribution in [3.63, 3.8) is 0 Å². The zero-order chi connectivity index (χ0) is 21.9. The van der Waals surface area contributed by atoms with Gasteiger partial charge >= 0.3 is 0 Å². The highest BCUT2D eigenvalue weighted by Gasteiger charge is 2.31. The van der Waals surface area contributed by atoms with Crippen molar-refractivity contribution >= 4 is 17.7 Å². The van der Waals surface area contributed by atoms with Crippen LogP contribution in [0.4, 0.5) is 0 Å². The van der Waals surface area contributed by atoms with E-state index in [1.165, 1.54) is 17.3 Å². The van der Waals surface area contributed by atoms with E-state index >= 15 is 0 Å². The second kappa shape index (κ2) is 9.28. The fraction of sp³-hybridized carbons (Fsp3) is 0.360. The third-order valence-electron chi connectivity index (χ3n) is 6.04. The summed E-state index contributed by atoms with van der Waals surface area (Å²) in [5.74, 6) is 2.09. The highest BCUT2D eigenvalue weighted by molar-refractivity contribution is 7.99. The van der Waals surface area contributed by atoms with Crippen LogP contribution in [0.1, 0.15) is 36.4 Å². The summed E-state index contributed by atoms with van der Waals surface area (Å²) in [5.41, 5.74) is 3.38. The number of benzene rings is 2. The molecule has 3 aromatic rings. The first kappa shape index (κ1) is 20.9. The van der Waals surface area contributed by atoms with Gasteiger partial charge in [0.25, 0.3) is 0 Å². The van der Waals surface area contributed by atoms with Gasteiger partial charge in [0, 0.05) is 25.4 Å². The van der Waals surface area contributed by atoms with Crippen LogP contribution in [-0.2, 0) is 4.79 Å². The van der Waals surface area contributed by atoms with Gasteiger partial charge in [-0.05, 0) is 49.1 Å². The summed E-state index contributed by atoms with van der Waals surface area (Å²) in [4.78, 5) is 19.7. The van der Waals surface area contributed by atoms with E-state index in [2.05, 4.69) is 40.7 Å². The van der Waals surface area contributed by atoms with Crippen LogP contribution in [0.15, 0.2) is 60.0 Å². The number of aryl methyl sites for hydroxylation is 1. The third kappa shape index (κ3) is 4.21. The molecule has 0 spiro atoms. The summed E-state index contributed by atoms with van der Waals surface area (Å²) in [6, 6.07) is 14.4. The predicted octanol–water partition coefficient (Wildman–Crippen LogP) is 4.80. The van der Waals surface area contributed by atoms with Crippen molar-refractivity contribution in [2.24, 2.45) is 0 Å². The highest BCUT2D eigenvalue weighted by Crippen LogP contribution is 2.38. The smallest absolute Gasteiger partial charge is 0.233 e. The molecule has 3 heterocycles. The van der Waals surface area contributed by atoms with Crippen LogP contribution >= 0.6 is 11.8 Å². The molecule has 6 nitrogen and oxygen atoms in total. The maximum Gasteiger partial charge on any atom is 0.233 e. The van der Waals surface area contributed by atoms with Gasteiger partial charge in [0.1, 0.15) is 0 Å². The Balaban J connectivity index is 1.29. The minimum Gasteiger partial charge on any atom is -0.490 e. The molecule has 1 fully saturated rings. The van der Waals surface area contributed by atoms with Gasteiger partial charge in [0.2, 0.25) is 5.91 Å². The molecule has 7 heteroatoms. The minimum absolute atomic E-state index is 0.0800. The Morgan fingerprint density at radius 2 is 1.97 bits per heavy atom. The number of amides is 1. The Kier molecular flexibility index (Phi) is 6.08. The van der Waals surface area contributed by atoms with Gasteiger partial charge in [-0.2, -0.15) is 0 Å². The monoisotopic (exact) mass is 449 g/mol. The number of para-hydroxylation sites is 1. The van der Waals surface area contributed by atoms with Crippen LogP contribution in [0, 0.1) is 6.92 Å². The molecule has 5 rings (SSSR count). The number of ether oxygens (including phenoxy) is 2. The molecule has 1 atom stereocenters. The fourth-order valence-corrected chi connectivity index (χ4v) is 5.27. The maximum atomic E-state index is 13.2. The van der Waals surface area contributed by atoms with Crippen molar-refractivity contribution in [1.82, 2.24) is 14.5 Å². The van der Waals surface area contributed by atoms with Crippen LogP contribution in [0.25, 0.3) is 5.69 Å². The SMILES string of the molecule is Cc1ccccc1-n1ccnc1SCC(=O)N1CCC[C@@H]1c1ccc2c(c1)OCCCO2. The zero-order valence-electron chi connectivity index (χ0n) is 18.2. The summed E-state index contributed by atoms with van der Waals surface area (Å²) >= 11 is 1.49. The molecular weight excluding hydrogens is 422 g/mol. The number of hydrogen-bond acceptors (Lipinski definition) is 5. The van der Waals surface area contributed by atoms with E-state index in [1.54, 1.807) is 6.20 Å². The molecule has 2 aliphatic heterocycles. The largest absolute Gasteiger partial charge is 0.490 e. The number of nitrogens with zero attached hydrogens (tertiary/aromatic N) is 3. The Morgan fingerprint density at radius 3 is 2.84 bits per heavy atom. The number of thioether (sulfide) groups is 1. The molecule has 0 radical (unpaired) electrons. The van der Waals surface area contributed by atoms with Crippen molar-refractivity contribution in [3.05, 3.63) is 66.0 Å². The molecule has 0 unspecified atom stereocenters. The number of likely N-dealkylation sites (tertiary alicyclic amines) is 1. The zero-order valence-corrected chi connectivity index (χ0v) is 19.0. The second-order valence-electron chi connectivity index (χ2n) is 8.16. The number of carbonyl (C=O) groups is 1. The number of fused-ring (bicyclic) bond motifs is 1. The van der Waals surface area contributed by atoms with Gasteiger partial charge in [-0.25, -0.2) is 4.98 Å². The standard InChI is InChI=1S/C25H27N3O3S/c1-18-6-2-3-7-20(18)28-13-11-26-25(28)32-17-24(29)27-12-4-8-21(27)19-9-10-22-23(16-19)31-15-5-14-30-22/h2-3,6-7,9-11,13,16,21H,4-5,8,12,14-15,17H2,1H3/t21-/m1/s1. The van der Waals surface area contributed by atoms with Crippen molar-refractivity contribution in [2.75, 3.05) is 25.5 Å². The van der Waals surface area contributed by atoms with Crippen molar-refractivity contribution in [1.29, 1.82) is 0 Å². The molecular formula is C25H27N3O3S. The van der Waals surface area contributed by atoms with Gasteiger partial charge in [-0.1, -0.05) is 36.0 Å². The number of imidazole rings is 1. The Hall–Kier alpha value is -2.93. The van der Waals surface area contributed by atoms with E-state index < -0.39 is 0 Å².